The molecule has 2 aromatic rings. The topological polar surface area (TPSA) is 50.7 Å². The average Bonchev–Trinajstić information content (AvgIpc) is 2.56. The Bertz CT molecular complexity index is 833. The van der Waals surface area contributed by atoms with E-state index in [1.165, 1.54) is 11.8 Å². The first kappa shape index (κ1) is 20.7. The number of amides is 1. The summed E-state index contributed by atoms with van der Waals surface area (Å²) in [6.07, 6.45) is 1.43. The normalized spacial score (nSPS) is 11.6. The molecule has 0 atom stereocenters. The zero-order valence-electron chi connectivity index (χ0n) is 14.6. The van der Waals surface area contributed by atoms with E-state index in [-0.39, 0.29) is 17.9 Å². The van der Waals surface area contributed by atoms with Gasteiger partial charge in [0.1, 0.15) is 5.75 Å². The molecule has 1 N–H and O–H groups in total. The van der Waals surface area contributed by atoms with Crippen molar-refractivity contribution in [2.24, 2.45) is 5.10 Å². The Balaban J connectivity index is 1.91. The van der Waals surface area contributed by atoms with Gasteiger partial charge in [0.2, 0.25) is 0 Å². The number of carbonyl (C=O) groups excluding carboxylic acids is 1. The maximum Gasteiger partial charge on any atom is 0.277 e. The summed E-state index contributed by atoms with van der Waals surface area (Å²) in [7, 11) is 0. The van der Waals surface area contributed by atoms with E-state index in [4.69, 9.17) is 27.9 Å². The van der Waals surface area contributed by atoms with E-state index in [9.17, 15) is 4.79 Å². The zero-order chi connectivity index (χ0) is 19.3. The third-order valence-electron chi connectivity index (χ3n) is 3.53. The predicted molar refractivity (Wildman–Crippen MR) is 111 cm³/mol. The molecule has 2 rings (SSSR count). The number of hydrazone groups is 1. The number of ether oxygens (including phenoxy) is 1. The number of nitrogens with one attached hydrogen (secondary N) is 1. The molecule has 0 aliphatic heterocycles. The van der Waals surface area contributed by atoms with Gasteiger partial charge in [-0.25, -0.2) is 5.43 Å². The highest BCUT2D eigenvalue weighted by Crippen LogP contribution is 2.31. The molecule has 0 fully saturated rings. The first-order valence-corrected chi connectivity index (χ1v) is 9.42. The first-order valence-electron chi connectivity index (χ1n) is 7.87. The van der Waals surface area contributed by atoms with Crippen molar-refractivity contribution in [3.8, 4) is 5.75 Å². The molecule has 0 heterocycles. The van der Waals surface area contributed by atoms with Gasteiger partial charge in [0.15, 0.2) is 6.61 Å². The van der Waals surface area contributed by atoms with Crippen LogP contribution in [0.3, 0.4) is 0 Å². The zero-order valence-corrected chi connectivity index (χ0v) is 17.7. The second-order valence-corrected chi connectivity index (χ2v) is 8.26. The van der Waals surface area contributed by atoms with Crippen LogP contribution < -0.4 is 10.2 Å². The summed E-state index contributed by atoms with van der Waals surface area (Å²) in [5.41, 5.74) is 4.21. The molecule has 2 aromatic carbocycles. The highest BCUT2D eigenvalue weighted by atomic mass is 79.9. The summed E-state index contributed by atoms with van der Waals surface area (Å²) in [5, 5.41) is 4.67. The molecule has 1 amide bonds. The van der Waals surface area contributed by atoms with Crippen molar-refractivity contribution in [3.63, 3.8) is 0 Å². The van der Waals surface area contributed by atoms with Crippen LogP contribution >= 0.6 is 39.1 Å². The molecule has 0 aliphatic carbocycles. The predicted octanol–water partition coefficient (Wildman–Crippen LogP) is 5.58. The monoisotopic (exact) mass is 456 g/mol. The smallest absolute Gasteiger partial charge is 0.277 e. The first-order chi connectivity index (χ1) is 12.2. The molecular weight excluding hydrogens is 439 g/mol. The van der Waals surface area contributed by atoms with Crippen molar-refractivity contribution in [3.05, 3.63) is 62.0 Å². The maximum absolute atomic E-state index is 11.9. The fraction of sp³-hybridized carbons (Fsp3) is 0.263. The molecule has 7 heteroatoms. The van der Waals surface area contributed by atoms with Crippen LogP contribution in [-0.2, 0) is 10.2 Å². The number of rotatable bonds is 5. The third-order valence-corrected chi connectivity index (χ3v) is 4.98. The SMILES string of the molecule is CC(C)(C)c1ccc(OCC(=O)NN=Cc2cccc(Cl)c2Cl)c(Br)c1. The van der Waals surface area contributed by atoms with Gasteiger partial charge in [-0.15, -0.1) is 0 Å². The molecule has 4 nitrogen and oxygen atoms in total. The fourth-order valence-corrected chi connectivity index (χ4v) is 2.90. The largest absolute Gasteiger partial charge is 0.483 e. The quantitative estimate of drug-likeness (QED) is 0.470. The molecule has 0 bridgehead atoms. The summed E-state index contributed by atoms with van der Waals surface area (Å²) < 4.78 is 6.33. The van der Waals surface area contributed by atoms with E-state index >= 15 is 0 Å². The van der Waals surface area contributed by atoms with Gasteiger partial charge in [-0.1, -0.05) is 62.2 Å². The number of halogens is 3. The summed E-state index contributed by atoms with van der Waals surface area (Å²) in [5.74, 6) is 0.209. The highest BCUT2D eigenvalue weighted by Gasteiger charge is 2.15. The highest BCUT2D eigenvalue weighted by molar-refractivity contribution is 9.10. The molecule has 26 heavy (non-hydrogen) atoms. The van der Waals surface area contributed by atoms with E-state index < -0.39 is 0 Å². The molecule has 138 valence electrons. The van der Waals surface area contributed by atoms with Crippen molar-refractivity contribution < 1.29 is 9.53 Å². The summed E-state index contributed by atoms with van der Waals surface area (Å²) >= 11 is 15.4. The lowest BCUT2D eigenvalue weighted by atomic mass is 9.87. The fourth-order valence-electron chi connectivity index (χ4n) is 2.05. The second-order valence-electron chi connectivity index (χ2n) is 6.62. The molecule has 0 spiro atoms. The second kappa shape index (κ2) is 8.89. The van der Waals surface area contributed by atoms with Gasteiger partial charge in [-0.05, 0) is 45.1 Å². The molecule has 0 aromatic heterocycles. The Kier molecular flexibility index (Phi) is 7.09. The summed E-state index contributed by atoms with van der Waals surface area (Å²) in [6.45, 7) is 6.24. The molecule has 0 saturated carbocycles. The lowest BCUT2D eigenvalue weighted by molar-refractivity contribution is -0.123. The van der Waals surface area contributed by atoms with Gasteiger partial charge in [0, 0.05) is 5.56 Å². The number of benzene rings is 2. The van der Waals surface area contributed by atoms with Crippen LogP contribution in [0.2, 0.25) is 10.0 Å². The lowest BCUT2D eigenvalue weighted by Gasteiger charge is -2.20. The van der Waals surface area contributed by atoms with Crippen molar-refractivity contribution in [1.82, 2.24) is 5.43 Å². The van der Waals surface area contributed by atoms with Gasteiger partial charge in [0.25, 0.3) is 5.91 Å². The minimum atomic E-state index is -0.383. The molecule has 0 saturated heterocycles. The van der Waals surface area contributed by atoms with Crippen LogP contribution in [0.25, 0.3) is 0 Å². The number of hydrogen-bond acceptors (Lipinski definition) is 3. The summed E-state index contributed by atoms with van der Waals surface area (Å²) in [4.78, 5) is 11.9. The van der Waals surface area contributed by atoms with Gasteiger partial charge in [-0.2, -0.15) is 5.10 Å². The van der Waals surface area contributed by atoms with Crippen LogP contribution in [0.5, 0.6) is 5.75 Å². The Morgan fingerprint density at radius 2 is 2.00 bits per heavy atom. The maximum atomic E-state index is 11.9. The Labute approximate surface area is 171 Å². The Morgan fingerprint density at radius 1 is 1.27 bits per heavy atom. The van der Waals surface area contributed by atoms with Crippen LogP contribution in [0.4, 0.5) is 0 Å². The van der Waals surface area contributed by atoms with E-state index in [1.54, 1.807) is 18.2 Å². The minimum Gasteiger partial charge on any atom is -0.483 e. The van der Waals surface area contributed by atoms with E-state index in [0.29, 0.717) is 21.4 Å². The standard InChI is InChI=1S/C19H19BrCl2N2O2/c1-19(2,3)13-7-8-16(14(20)9-13)26-11-17(25)24-23-10-12-5-4-6-15(21)18(12)22/h4-10H,11H2,1-3H3,(H,24,25). The third kappa shape index (κ3) is 5.73. The van der Waals surface area contributed by atoms with Gasteiger partial charge in [-0.3, -0.25) is 4.79 Å². The molecule has 0 unspecified atom stereocenters. The molecule has 0 radical (unpaired) electrons. The van der Waals surface area contributed by atoms with Crippen molar-refractivity contribution in [1.29, 1.82) is 0 Å². The van der Waals surface area contributed by atoms with Gasteiger partial charge < -0.3 is 4.74 Å². The Morgan fingerprint density at radius 3 is 2.65 bits per heavy atom. The lowest BCUT2D eigenvalue weighted by Crippen LogP contribution is -2.24. The van der Waals surface area contributed by atoms with Crippen molar-refractivity contribution in [2.45, 2.75) is 26.2 Å². The summed E-state index contributed by atoms with van der Waals surface area (Å²) in [6, 6.07) is 11.0. The van der Waals surface area contributed by atoms with Crippen molar-refractivity contribution >= 4 is 51.3 Å². The van der Waals surface area contributed by atoms with Crippen LogP contribution in [0.1, 0.15) is 31.9 Å². The van der Waals surface area contributed by atoms with Gasteiger partial charge >= 0.3 is 0 Å². The molecule has 0 aliphatic rings. The number of hydrogen-bond donors (Lipinski definition) is 1. The molecular formula is C19H19BrCl2N2O2. The van der Waals surface area contributed by atoms with Crippen LogP contribution in [0, 0.1) is 0 Å². The van der Waals surface area contributed by atoms with Gasteiger partial charge in [0.05, 0.1) is 20.7 Å². The average molecular weight is 458 g/mol. The number of carbonyl (C=O) groups is 1. The van der Waals surface area contributed by atoms with E-state index in [1.807, 2.05) is 18.2 Å². The van der Waals surface area contributed by atoms with Crippen LogP contribution in [0.15, 0.2) is 46.0 Å². The van der Waals surface area contributed by atoms with Crippen molar-refractivity contribution in [2.75, 3.05) is 6.61 Å². The van der Waals surface area contributed by atoms with Crippen LogP contribution in [-0.4, -0.2) is 18.7 Å². The minimum absolute atomic E-state index is 0.0365. The number of nitrogens with zero attached hydrogens (tertiary/aromatic N) is 1. The van der Waals surface area contributed by atoms with E-state index in [0.717, 1.165) is 4.47 Å². The van der Waals surface area contributed by atoms with E-state index in [2.05, 4.69) is 47.2 Å². The Hall–Kier alpha value is -1.56.